The zero-order chi connectivity index (χ0) is 18.5. The maximum atomic E-state index is 12.7. The van der Waals surface area contributed by atoms with Crippen molar-refractivity contribution in [3.8, 4) is 5.75 Å². The van der Waals surface area contributed by atoms with Gasteiger partial charge in [0.25, 0.3) is 5.91 Å². The van der Waals surface area contributed by atoms with Crippen LogP contribution in [0, 0.1) is 0 Å². The molecule has 0 saturated heterocycles. The lowest BCUT2D eigenvalue weighted by Crippen LogP contribution is -3.07. The molecule has 1 heterocycles. The van der Waals surface area contributed by atoms with Gasteiger partial charge in [-0.25, -0.2) is 0 Å². The minimum absolute atomic E-state index is 0.103. The Labute approximate surface area is 153 Å². The monoisotopic (exact) mass is 350 g/mol. The fourth-order valence-corrected chi connectivity index (χ4v) is 3.07. The quantitative estimate of drug-likeness (QED) is 0.713. The maximum Gasteiger partial charge on any atom is 0.253 e. The number of methoxy groups -OCH3 is 1. The fourth-order valence-electron chi connectivity index (χ4n) is 3.07. The molecular formula is C21H24N3O2+. The van der Waals surface area contributed by atoms with Crippen LogP contribution in [0.4, 0.5) is 0 Å². The number of hydrogen-bond acceptors (Lipinski definition) is 3. The summed E-state index contributed by atoms with van der Waals surface area (Å²) >= 11 is 0. The van der Waals surface area contributed by atoms with Gasteiger partial charge >= 0.3 is 0 Å². The van der Waals surface area contributed by atoms with Crippen LogP contribution in [0.5, 0.6) is 5.75 Å². The van der Waals surface area contributed by atoms with Crippen molar-refractivity contribution in [1.82, 2.24) is 10.3 Å². The van der Waals surface area contributed by atoms with E-state index in [1.165, 1.54) is 4.90 Å². The molecule has 1 atom stereocenters. The molecule has 2 N–H and O–H groups in total. The number of carbonyl (C=O) groups is 1. The zero-order valence-electron chi connectivity index (χ0n) is 15.3. The first kappa shape index (κ1) is 17.9. The van der Waals surface area contributed by atoms with Crippen molar-refractivity contribution in [2.75, 3.05) is 27.7 Å². The Morgan fingerprint density at radius 3 is 2.54 bits per heavy atom. The van der Waals surface area contributed by atoms with E-state index in [0.717, 1.165) is 22.2 Å². The normalized spacial score (nSPS) is 12.2. The summed E-state index contributed by atoms with van der Waals surface area (Å²) in [5.41, 5.74) is 2.48. The highest BCUT2D eigenvalue weighted by atomic mass is 16.5. The molecule has 5 heteroatoms. The summed E-state index contributed by atoms with van der Waals surface area (Å²) < 4.78 is 5.22. The number of nitrogens with one attached hydrogen (secondary N) is 2. The molecule has 26 heavy (non-hydrogen) atoms. The van der Waals surface area contributed by atoms with E-state index in [2.05, 4.69) is 24.4 Å². The largest absolute Gasteiger partial charge is 0.497 e. The maximum absolute atomic E-state index is 12.7. The molecule has 0 aliphatic rings. The van der Waals surface area contributed by atoms with Gasteiger partial charge in [0.2, 0.25) is 0 Å². The Bertz CT molecular complexity index is 886. The summed E-state index contributed by atoms with van der Waals surface area (Å²) in [6.45, 7) is 0.538. The van der Waals surface area contributed by atoms with E-state index >= 15 is 0 Å². The van der Waals surface area contributed by atoms with Crippen molar-refractivity contribution in [3.63, 3.8) is 0 Å². The first-order valence-electron chi connectivity index (χ1n) is 8.66. The van der Waals surface area contributed by atoms with Crippen molar-refractivity contribution in [2.24, 2.45) is 0 Å². The van der Waals surface area contributed by atoms with Gasteiger partial charge in [0.1, 0.15) is 11.8 Å². The third-order valence-corrected chi connectivity index (χ3v) is 4.56. The standard InChI is InChI=1S/C21H23N3O2/c1-24(2)19(15-9-11-17(26-3)12-10-15)14-23-21(25)18-8-4-6-16-7-5-13-22-20(16)18/h4-13,19H,14H2,1-3H3,(H,23,25)/p+1/t19-/m1/s1. The summed E-state index contributed by atoms with van der Waals surface area (Å²) in [4.78, 5) is 18.3. The minimum atomic E-state index is -0.103. The van der Waals surface area contributed by atoms with Crippen LogP contribution in [-0.2, 0) is 0 Å². The van der Waals surface area contributed by atoms with Gasteiger partial charge in [-0.05, 0) is 36.4 Å². The van der Waals surface area contributed by atoms with E-state index < -0.39 is 0 Å². The Morgan fingerprint density at radius 2 is 1.85 bits per heavy atom. The van der Waals surface area contributed by atoms with E-state index in [1.807, 2.05) is 54.6 Å². The molecule has 0 aliphatic heterocycles. The van der Waals surface area contributed by atoms with Crippen LogP contribution in [0.3, 0.4) is 0 Å². The summed E-state index contributed by atoms with van der Waals surface area (Å²) in [5, 5.41) is 4.03. The number of aromatic nitrogens is 1. The van der Waals surface area contributed by atoms with Gasteiger partial charge in [-0.2, -0.15) is 0 Å². The molecule has 3 aromatic rings. The number of rotatable bonds is 6. The third kappa shape index (κ3) is 3.83. The minimum Gasteiger partial charge on any atom is -0.497 e. The van der Waals surface area contributed by atoms with Gasteiger partial charge in [-0.1, -0.05) is 18.2 Å². The Balaban J connectivity index is 1.77. The van der Waals surface area contributed by atoms with Crippen LogP contribution in [0.1, 0.15) is 22.0 Å². The number of para-hydroxylation sites is 1. The van der Waals surface area contributed by atoms with Crippen molar-refractivity contribution < 1.29 is 14.4 Å². The predicted octanol–water partition coefficient (Wildman–Crippen LogP) is 1.86. The molecule has 0 spiro atoms. The van der Waals surface area contributed by atoms with Crippen LogP contribution < -0.4 is 15.0 Å². The molecule has 5 nitrogen and oxygen atoms in total. The van der Waals surface area contributed by atoms with E-state index in [9.17, 15) is 4.79 Å². The van der Waals surface area contributed by atoms with E-state index in [-0.39, 0.29) is 11.9 Å². The lowest BCUT2D eigenvalue weighted by molar-refractivity contribution is -0.890. The number of hydrogen-bond donors (Lipinski definition) is 2. The van der Waals surface area contributed by atoms with Crippen molar-refractivity contribution in [1.29, 1.82) is 0 Å². The molecule has 2 aromatic carbocycles. The molecule has 1 amide bonds. The average molecular weight is 350 g/mol. The van der Waals surface area contributed by atoms with Gasteiger partial charge in [-0.3, -0.25) is 9.78 Å². The van der Waals surface area contributed by atoms with Crippen LogP contribution in [0.2, 0.25) is 0 Å². The van der Waals surface area contributed by atoms with E-state index in [0.29, 0.717) is 12.1 Å². The number of pyridine rings is 1. The van der Waals surface area contributed by atoms with Crippen LogP contribution in [-0.4, -0.2) is 38.6 Å². The number of ether oxygens (including phenoxy) is 1. The second kappa shape index (κ2) is 7.97. The molecule has 0 aliphatic carbocycles. The number of quaternary nitrogens is 1. The molecule has 0 bridgehead atoms. The SMILES string of the molecule is COc1ccc([C@@H](CNC(=O)c2cccc3cccnc23)[NH+](C)C)cc1. The highest BCUT2D eigenvalue weighted by molar-refractivity contribution is 6.05. The number of likely N-dealkylation sites (N-methyl/N-ethyl adjacent to an activating group) is 1. The Morgan fingerprint density at radius 1 is 1.12 bits per heavy atom. The molecule has 0 unspecified atom stereocenters. The zero-order valence-corrected chi connectivity index (χ0v) is 15.3. The summed E-state index contributed by atoms with van der Waals surface area (Å²) in [7, 11) is 5.82. The van der Waals surface area contributed by atoms with Crippen molar-refractivity contribution in [2.45, 2.75) is 6.04 Å². The van der Waals surface area contributed by atoms with Crippen LogP contribution in [0.25, 0.3) is 10.9 Å². The topological polar surface area (TPSA) is 55.7 Å². The van der Waals surface area contributed by atoms with Crippen molar-refractivity contribution >= 4 is 16.8 Å². The van der Waals surface area contributed by atoms with Gasteiger partial charge in [0, 0.05) is 17.1 Å². The first-order chi connectivity index (χ1) is 12.6. The Kier molecular flexibility index (Phi) is 5.49. The number of carbonyl (C=O) groups excluding carboxylic acids is 1. The first-order valence-corrected chi connectivity index (χ1v) is 8.66. The molecular weight excluding hydrogens is 326 g/mol. The van der Waals surface area contributed by atoms with Gasteiger partial charge in [0.05, 0.1) is 38.8 Å². The second-order valence-corrected chi connectivity index (χ2v) is 6.49. The number of fused-ring (bicyclic) bond motifs is 1. The highest BCUT2D eigenvalue weighted by Gasteiger charge is 2.20. The third-order valence-electron chi connectivity index (χ3n) is 4.56. The molecule has 3 rings (SSSR count). The highest BCUT2D eigenvalue weighted by Crippen LogP contribution is 2.17. The van der Waals surface area contributed by atoms with Gasteiger partial charge in [0.15, 0.2) is 0 Å². The second-order valence-electron chi connectivity index (χ2n) is 6.49. The van der Waals surface area contributed by atoms with E-state index in [1.54, 1.807) is 13.3 Å². The molecule has 0 radical (unpaired) electrons. The number of amides is 1. The van der Waals surface area contributed by atoms with Gasteiger partial charge in [-0.15, -0.1) is 0 Å². The molecule has 1 aromatic heterocycles. The van der Waals surface area contributed by atoms with E-state index in [4.69, 9.17) is 4.74 Å². The summed E-state index contributed by atoms with van der Waals surface area (Å²) in [5.74, 6) is 0.723. The lowest BCUT2D eigenvalue weighted by Gasteiger charge is -2.22. The fraction of sp³-hybridized carbons (Fsp3) is 0.238. The number of benzene rings is 2. The summed E-state index contributed by atoms with van der Waals surface area (Å²) in [6, 6.07) is 17.6. The molecule has 0 fully saturated rings. The predicted molar refractivity (Wildman–Crippen MR) is 103 cm³/mol. The van der Waals surface area contributed by atoms with Crippen LogP contribution >= 0.6 is 0 Å². The average Bonchev–Trinajstić information content (AvgIpc) is 2.67. The molecule has 0 saturated carbocycles. The molecule has 134 valence electrons. The van der Waals surface area contributed by atoms with Gasteiger partial charge < -0.3 is 15.0 Å². The summed E-state index contributed by atoms with van der Waals surface area (Å²) in [6.07, 6.45) is 1.71. The lowest BCUT2D eigenvalue weighted by atomic mass is 10.0. The van der Waals surface area contributed by atoms with Crippen molar-refractivity contribution in [3.05, 3.63) is 71.9 Å². The van der Waals surface area contributed by atoms with Crippen LogP contribution in [0.15, 0.2) is 60.8 Å². The number of nitrogens with zero attached hydrogens (tertiary/aromatic N) is 1. The Hall–Kier alpha value is -2.92. The smallest absolute Gasteiger partial charge is 0.253 e.